The SMILES string of the molecule is O=C(c1ccccc1)c1c[nH]c2c(cnn2P)c1=O. The van der Waals surface area contributed by atoms with Gasteiger partial charge in [-0.2, -0.15) is 5.10 Å². The molecule has 5 nitrogen and oxygen atoms in total. The molecule has 0 radical (unpaired) electrons. The van der Waals surface area contributed by atoms with Crippen LogP contribution in [0.3, 0.4) is 0 Å². The Morgan fingerprint density at radius 3 is 2.74 bits per heavy atom. The van der Waals surface area contributed by atoms with E-state index in [1.165, 1.54) is 16.8 Å². The fraction of sp³-hybridized carbons (Fsp3) is 0. The number of ketones is 1. The quantitative estimate of drug-likeness (QED) is 0.568. The highest BCUT2D eigenvalue weighted by Gasteiger charge is 2.16. The van der Waals surface area contributed by atoms with Crippen molar-refractivity contribution < 1.29 is 4.79 Å². The predicted octanol–water partition coefficient (Wildman–Crippen LogP) is 1.59. The Balaban J connectivity index is 2.19. The summed E-state index contributed by atoms with van der Waals surface area (Å²) in [6.45, 7) is 0. The Bertz CT molecular complexity index is 821. The number of carbonyl (C=O) groups is 1. The highest BCUT2D eigenvalue weighted by atomic mass is 31.0. The van der Waals surface area contributed by atoms with Crippen molar-refractivity contribution in [1.82, 2.24) is 14.5 Å². The molecule has 2 heterocycles. The number of aromatic nitrogens is 3. The molecule has 1 N–H and O–H groups in total. The molecule has 1 atom stereocenters. The van der Waals surface area contributed by atoms with E-state index >= 15 is 0 Å². The topological polar surface area (TPSA) is 67.8 Å². The molecule has 0 aliphatic rings. The lowest BCUT2D eigenvalue weighted by Crippen LogP contribution is -2.16. The van der Waals surface area contributed by atoms with E-state index in [1.54, 1.807) is 24.3 Å². The molecule has 0 bridgehead atoms. The van der Waals surface area contributed by atoms with Crippen LogP contribution in [0, 0.1) is 0 Å². The second-order valence-electron chi connectivity index (χ2n) is 4.08. The molecule has 3 rings (SSSR count). The fourth-order valence-corrected chi connectivity index (χ4v) is 2.22. The van der Waals surface area contributed by atoms with Gasteiger partial charge in [-0.15, -0.1) is 0 Å². The standard InChI is InChI=1S/C13H10N3O2P/c17-11(8-4-2-1-3-5-8)9-6-14-13-10(12(9)18)7-15-16(13)19/h1-7H,19H2,(H,14,18). The summed E-state index contributed by atoms with van der Waals surface area (Å²) in [6, 6.07) is 8.72. The summed E-state index contributed by atoms with van der Waals surface area (Å²) in [7, 11) is 2.37. The average Bonchev–Trinajstić information content (AvgIpc) is 2.82. The molecule has 6 heteroatoms. The average molecular weight is 271 g/mol. The molecule has 19 heavy (non-hydrogen) atoms. The van der Waals surface area contributed by atoms with E-state index in [2.05, 4.69) is 19.5 Å². The van der Waals surface area contributed by atoms with E-state index in [1.807, 2.05) is 6.07 Å². The first kappa shape index (κ1) is 11.8. The van der Waals surface area contributed by atoms with Gasteiger partial charge in [0.2, 0.25) is 5.43 Å². The maximum absolute atomic E-state index is 12.3. The van der Waals surface area contributed by atoms with Gasteiger partial charge in [0.05, 0.1) is 17.1 Å². The molecular formula is C13H10N3O2P. The molecule has 0 spiro atoms. The van der Waals surface area contributed by atoms with E-state index in [0.29, 0.717) is 16.6 Å². The van der Waals surface area contributed by atoms with Crippen molar-refractivity contribution in [2.75, 3.05) is 0 Å². The lowest BCUT2D eigenvalue weighted by molar-refractivity contribution is 0.103. The molecule has 0 saturated heterocycles. The van der Waals surface area contributed by atoms with Crippen molar-refractivity contribution in [2.45, 2.75) is 0 Å². The lowest BCUT2D eigenvalue weighted by Gasteiger charge is -2.01. The molecule has 94 valence electrons. The van der Waals surface area contributed by atoms with E-state index < -0.39 is 0 Å². The fourth-order valence-electron chi connectivity index (χ4n) is 1.94. The van der Waals surface area contributed by atoms with Crippen molar-refractivity contribution in [3.05, 3.63) is 64.1 Å². The first-order valence-electron chi connectivity index (χ1n) is 5.62. The number of nitrogens with one attached hydrogen (secondary N) is 1. The number of aromatic amines is 1. The zero-order chi connectivity index (χ0) is 13.4. The highest BCUT2D eigenvalue weighted by Crippen LogP contribution is 2.12. The van der Waals surface area contributed by atoms with E-state index in [4.69, 9.17) is 0 Å². The van der Waals surface area contributed by atoms with Crippen molar-refractivity contribution in [3.8, 4) is 0 Å². The third-order valence-electron chi connectivity index (χ3n) is 2.92. The van der Waals surface area contributed by atoms with Gasteiger partial charge in [-0.3, -0.25) is 9.59 Å². The zero-order valence-electron chi connectivity index (χ0n) is 9.83. The van der Waals surface area contributed by atoms with Gasteiger partial charge in [-0.1, -0.05) is 30.3 Å². The van der Waals surface area contributed by atoms with Gasteiger partial charge in [0.15, 0.2) is 5.78 Å². The molecule has 1 aromatic carbocycles. The third kappa shape index (κ3) is 1.88. The van der Waals surface area contributed by atoms with E-state index in [0.717, 1.165) is 0 Å². The summed E-state index contributed by atoms with van der Waals surface area (Å²) < 4.78 is 1.48. The largest absolute Gasteiger partial charge is 0.345 e. The van der Waals surface area contributed by atoms with Crippen LogP contribution in [0.2, 0.25) is 0 Å². The number of hydrogen-bond donors (Lipinski definition) is 1. The van der Waals surface area contributed by atoms with Gasteiger partial charge in [-0.25, -0.2) is 4.45 Å². The van der Waals surface area contributed by atoms with Gasteiger partial charge < -0.3 is 4.98 Å². The van der Waals surface area contributed by atoms with Crippen LogP contribution in [-0.2, 0) is 0 Å². The number of hydrogen-bond acceptors (Lipinski definition) is 3. The van der Waals surface area contributed by atoms with Crippen molar-refractivity contribution >= 4 is 26.2 Å². The van der Waals surface area contributed by atoms with Gasteiger partial charge >= 0.3 is 0 Å². The Morgan fingerprint density at radius 1 is 1.26 bits per heavy atom. The minimum atomic E-state index is -0.309. The number of nitrogens with zero attached hydrogens (tertiary/aromatic N) is 2. The number of fused-ring (bicyclic) bond motifs is 1. The molecule has 0 saturated carbocycles. The molecular weight excluding hydrogens is 261 g/mol. The number of carbonyl (C=O) groups excluding carboxylic acids is 1. The van der Waals surface area contributed by atoms with Crippen molar-refractivity contribution in [1.29, 1.82) is 0 Å². The molecule has 0 amide bonds. The van der Waals surface area contributed by atoms with Gasteiger partial charge in [0, 0.05) is 11.8 Å². The van der Waals surface area contributed by atoms with Crippen LogP contribution in [0.4, 0.5) is 0 Å². The van der Waals surface area contributed by atoms with Gasteiger partial charge in [0.1, 0.15) is 5.65 Å². The first-order valence-corrected chi connectivity index (χ1v) is 6.14. The van der Waals surface area contributed by atoms with Crippen LogP contribution >= 0.6 is 9.39 Å². The Morgan fingerprint density at radius 2 is 2.00 bits per heavy atom. The number of rotatable bonds is 2. The van der Waals surface area contributed by atoms with Crippen LogP contribution in [-0.4, -0.2) is 20.3 Å². The second kappa shape index (κ2) is 4.44. The zero-order valence-corrected chi connectivity index (χ0v) is 11.0. The van der Waals surface area contributed by atoms with Crippen LogP contribution < -0.4 is 5.43 Å². The maximum atomic E-state index is 12.3. The maximum Gasteiger partial charge on any atom is 0.203 e. The Hall–Kier alpha value is -2.26. The van der Waals surface area contributed by atoms with Gasteiger partial charge in [-0.05, 0) is 9.39 Å². The summed E-state index contributed by atoms with van der Waals surface area (Å²) in [5.74, 6) is -0.291. The molecule has 1 unspecified atom stereocenters. The number of benzene rings is 1. The molecule has 3 aromatic rings. The third-order valence-corrected chi connectivity index (χ3v) is 3.31. The number of pyridine rings is 1. The summed E-state index contributed by atoms with van der Waals surface area (Å²) in [4.78, 5) is 27.4. The lowest BCUT2D eigenvalue weighted by atomic mass is 10.0. The number of H-pyrrole nitrogens is 1. The van der Waals surface area contributed by atoms with Crippen LogP contribution in [0.5, 0.6) is 0 Å². The molecule has 0 aliphatic carbocycles. The Labute approximate surface area is 110 Å². The highest BCUT2D eigenvalue weighted by molar-refractivity contribution is 7.14. The summed E-state index contributed by atoms with van der Waals surface area (Å²) in [6.07, 6.45) is 2.88. The molecule has 0 fully saturated rings. The van der Waals surface area contributed by atoms with Crippen molar-refractivity contribution in [2.24, 2.45) is 0 Å². The Kier molecular flexibility index (Phi) is 2.76. The van der Waals surface area contributed by atoms with Gasteiger partial charge in [0.25, 0.3) is 0 Å². The van der Waals surface area contributed by atoms with Crippen molar-refractivity contribution in [3.63, 3.8) is 0 Å². The summed E-state index contributed by atoms with van der Waals surface area (Å²) >= 11 is 0. The van der Waals surface area contributed by atoms with E-state index in [9.17, 15) is 9.59 Å². The monoisotopic (exact) mass is 271 g/mol. The van der Waals surface area contributed by atoms with Crippen LogP contribution in [0.25, 0.3) is 11.0 Å². The minimum absolute atomic E-state index is 0.122. The molecule has 2 aromatic heterocycles. The molecule has 0 aliphatic heterocycles. The van der Waals surface area contributed by atoms with Crippen LogP contribution in [0.1, 0.15) is 15.9 Å². The van der Waals surface area contributed by atoms with E-state index in [-0.39, 0.29) is 16.8 Å². The predicted molar refractivity (Wildman–Crippen MR) is 75.3 cm³/mol. The first-order chi connectivity index (χ1) is 9.18. The summed E-state index contributed by atoms with van der Waals surface area (Å²) in [5, 5.41) is 4.37. The smallest absolute Gasteiger partial charge is 0.203 e. The second-order valence-corrected chi connectivity index (χ2v) is 4.57. The normalized spacial score (nSPS) is 10.8. The van der Waals surface area contributed by atoms with Crippen LogP contribution in [0.15, 0.2) is 47.5 Å². The summed E-state index contributed by atoms with van der Waals surface area (Å²) in [5.41, 5.74) is 0.873. The minimum Gasteiger partial charge on any atom is -0.345 e.